The summed E-state index contributed by atoms with van der Waals surface area (Å²) >= 11 is 0. The van der Waals surface area contributed by atoms with Crippen LogP contribution in [0.2, 0.25) is 0 Å². The van der Waals surface area contributed by atoms with E-state index < -0.39 is 0 Å². The predicted octanol–water partition coefficient (Wildman–Crippen LogP) is 2.67. The first-order valence-electron chi connectivity index (χ1n) is 6.68. The topological polar surface area (TPSA) is 55.3 Å². The molecule has 0 aliphatic carbocycles. The standard InChI is InChI=1S/C14H22N4/c1-3-11(4-2)9-13(17-15)12-10-16-18-8-6-5-7-14(12)18/h5-8,10-11,13,17H,3-4,9,15H2,1-2H3. The molecule has 2 aromatic heterocycles. The molecule has 18 heavy (non-hydrogen) atoms. The molecule has 4 nitrogen and oxygen atoms in total. The Balaban J connectivity index is 2.26. The highest BCUT2D eigenvalue weighted by molar-refractivity contribution is 5.54. The molecule has 4 heteroatoms. The fourth-order valence-corrected chi connectivity index (χ4v) is 2.46. The van der Waals surface area contributed by atoms with E-state index >= 15 is 0 Å². The molecule has 1 atom stereocenters. The molecule has 0 spiro atoms. The Hall–Kier alpha value is -1.39. The third-order valence-electron chi connectivity index (χ3n) is 3.76. The Kier molecular flexibility index (Phi) is 4.33. The van der Waals surface area contributed by atoms with Crippen molar-refractivity contribution >= 4 is 5.52 Å². The Labute approximate surface area is 108 Å². The number of nitrogens with one attached hydrogen (secondary N) is 1. The first-order valence-corrected chi connectivity index (χ1v) is 6.68. The Morgan fingerprint density at radius 3 is 2.78 bits per heavy atom. The monoisotopic (exact) mass is 246 g/mol. The van der Waals surface area contributed by atoms with Crippen molar-refractivity contribution in [1.82, 2.24) is 15.0 Å². The number of hydrazine groups is 1. The number of rotatable bonds is 6. The maximum atomic E-state index is 5.73. The lowest BCUT2D eigenvalue weighted by Crippen LogP contribution is -2.29. The van der Waals surface area contributed by atoms with Crippen molar-refractivity contribution in [2.45, 2.75) is 39.2 Å². The predicted molar refractivity (Wildman–Crippen MR) is 73.9 cm³/mol. The summed E-state index contributed by atoms with van der Waals surface area (Å²) in [7, 11) is 0. The molecule has 2 rings (SSSR count). The van der Waals surface area contributed by atoms with Crippen LogP contribution < -0.4 is 11.3 Å². The normalized spacial score (nSPS) is 13.3. The molecule has 0 radical (unpaired) electrons. The fraction of sp³-hybridized carbons (Fsp3) is 0.500. The number of nitrogens with two attached hydrogens (primary N) is 1. The average molecular weight is 246 g/mol. The largest absolute Gasteiger partial charge is 0.271 e. The molecule has 0 fully saturated rings. The van der Waals surface area contributed by atoms with Gasteiger partial charge in [0, 0.05) is 17.8 Å². The van der Waals surface area contributed by atoms with Crippen LogP contribution in [0.4, 0.5) is 0 Å². The third kappa shape index (κ3) is 2.54. The van der Waals surface area contributed by atoms with Crippen LogP contribution in [0.1, 0.15) is 44.7 Å². The van der Waals surface area contributed by atoms with Gasteiger partial charge in [-0.25, -0.2) is 4.52 Å². The maximum Gasteiger partial charge on any atom is 0.0709 e. The highest BCUT2D eigenvalue weighted by Crippen LogP contribution is 2.27. The first kappa shape index (κ1) is 13.1. The van der Waals surface area contributed by atoms with Gasteiger partial charge in [0.15, 0.2) is 0 Å². The van der Waals surface area contributed by atoms with Crippen molar-refractivity contribution in [3.63, 3.8) is 0 Å². The number of hydrogen-bond acceptors (Lipinski definition) is 3. The molecular formula is C14H22N4. The minimum atomic E-state index is 0.176. The zero-order valence-corrected chi connectivity index (χ0v) is 11.1. The molecular weight excluding hydrogens is 224 g/mol. The summed E-state index contributed by atoms with van der Waals surface area (Å²) in [5, 5.41) is 4.37. The summed E-state index contributed by atoms with van der Waals surface area (Å²) < 4.78 is 1.90. The lowest BCUT2D eigenvalue weighted by atomic mass is 9.92. The van der Waals surface area contributed by atoms with Crippen molar-refractivity contribution in [3.05, 3.63) is 36.2 Å². The maximum absolute atomic E-state index is 5.73. The van der Waals surface area contributed by atoms with Gasteiger partial charge in [0.05, 0.1) is 11.7 Å². The van der Waals surface area contributed by atoms with Crippen LogP contribution in [0.25, 0.3) is 5.52 Å². The Bertz CT molecular complexity index is 487. The van der Waals surface area contributed by atoms with Crippen LogP contribution in [0.5, 0.6) is 0 Å². The third-order valence-corrected chi connectivity index (χ3v) is 3.76. The quantitative estimate of drug-likeness (QED) is 0.608. The lowest BCUT2D eigenvalue weighted by molar-refractivity contribution is 0.376. The summed E-state index contributed by atoms with van der Waals surface area (Å²) in [6.45, 7) is 4.47. The van der Waals surface area contributed by atoms with Gasteiger partial charge in [-0.15, -0.1) is 0 Å². The van der Waals surface area contributed by atoms with Crippen molar-refractivity contribution in [2.24, 2.45) is 11.8 Å². The van der Waals surface area contributed by atoms with Crippen LogP contribution in [0, 0.1) is 5.92 Å². The SMILES string of the molecule is CCC(CC)CC(NN)c1cnn2ccccc12. The van der Waals surface area contributed by atoms with E-state index in [1.54, 1.807) is 0 Å². The molecule has 0 amide bonds. The van der Waals surface area contributed by atoms with Crippen molar-refractivity contribution in [1.29, 1.82) is 0 Å². The van der Waals surface area contributed by atoms with Crippen LogP contribution in [-0.4, -0.2) is 9.61 Å². The minimum Gasteiger partial charge on any atom is -0.271 e. The van der Waals surface area contributed by atoms with E-state index in [1.165, 1.54) is 18.4 Å². The molecule has 0 aliphatic heterocycles. The Morgan fingerprint density at radius 2 is 2.11 bits per heavy atom. The smallest absolute Gasteiger partial charge is 0.0709 e. The van der Waals surface area contributed by atoms with E-state index in [4.69, 9.17) is 5.84 Å². The van der Waals surface area contributed by atoms with Crippen molar-refractivity contribution in [3.8, 4) is 0 Å². The van der Waals surface area contributed by atoms with Gasteiger partial charge in [-0.1, -0.05) is 32.8 Å². The molecule has 1 unspecified atom stereocenters. The Morgan fingerprint density at radius 1 is 1.33 bits per heavy atom. The zero-order chi connectivity index (χ0) is 13.0. The van der Waals surface area contributed by atoms with E-state index in [0.717, 1.165) is 11.9 Å². The summed E-state index contributed by atoms with van der Waals surface area (Å²) in [5.41, 5.74) is 5.26. The summed E-state index contributed by atoms with van der Waals surface area (Å²) in [4.78, 5) is 0. The van der Waals surface area contributed by atoms with Gasteiger partial charge in [0.2, 0.25) is 0 Å². The van der Waals surface area contributed by atoms with Crippen LogP contribution in [-0.2, 0) is 0 Å². The average Bonchev–Trinajstić information content (AvgIpc) is 2.84. The second-order valence-electron chi connectivity index (χ2n) is 4.77. The van der Waals surface area contributed by atoms with Gasteiger partial charge in [-0.2, -0.15) is 5.10 Å². The minimum absolute atomic E-state index is 0.176. The van der Waals surface area contributed by atoms with Gasteiger partial charge in [0.25, 0.3) is 0 Å². The molecule has 0 saturated carbocycles. The van der Waals surface area contributed by atoms with E-state index in [1.807, 2.05) is 29.0 Å². The molecule has 2 aromatic rings. The molecule has 98 valence electrons. The van der Waals surface area contributed by atoms with Gasteiger partial charge in [-0.05, 0) is 24.5 Å². The number of fused-ring (bicyclic) bond motifs is 1. The molecule has 0 aromatic carbocycles. The molecule has 0 bridgehead atoms. The lowest BCUT2D eigenvalue weighted by Gasteiger charge is -2.20. The molecule has 3 N–H and O–H groups in total. The van der Waals surface area contributed by atoms with Gasteiger partial charge in [-0.3, -0.25) is 11.3 Å². The summed E-state index contributed by atoms with van der Waals surface area (Å²) in [6, 6.07) is 6.27. The second-order valence-corrected chi connectivity index (χ2v) is 4.77. The second kappa shape index (κ2) is 5.98. The number of hydrogen-bond donors (Lipinski definition) is 2. The van der Waals surface area contributed by atoms with E-state index in [2.05, 4.69) is 30.4 Å². The molecule has 2 heterocycles. The molecule has 0 aliphatic rings. The fourth-order valence-electron chi connectivity index (χ4n) is 2.46. The van der Waals surface area contributed by atoms with E-state index in [9.17, 15) is 0 Å². The van der Waals surface area contributed by atoms with E-state index in [-0.39, 0.29) is 6.04 Å². The zero-order valence-electron chi connectivity index (χ0n) is 11.1. The van der Waals surface area contributed by atoms with E-state index in [0.29, 0.717) is 5.92 Å². The van der Waals surface area contributed by atoms with Gasteiger partial charge in [0.1, 0.15) is 0 Å². The van der Waals surface area contributed by atoms with Crippen LogP contribution in [0.3, 0.4) is 0 Å². The number of pyridine rings is 1. The van der Waals surface area contributed by atoms with Crippen molar-refractivity contribution in [2.75, 3.05) is 0 Å². The highest BCUT2D eigenvalue weighted by Gasteiger charge is 2.18. The van der Waals surface area contributed by atoms with Gasteiger partial charge >= 0.3 is 0 Å². The van der Waals surface area contributed by atoms with Gasteiger partial charge < -0.3 is 0 Å². The number of aromatic nitrogens is 2. The van der Waals surface area contributed by atoms with Crippen LogP contribution in [0.15, 0.2) is 30.6 Å². The number of nitrogens with zero attached hydrogens (tertiary/aromatic N) is 2. The van der Waals surface area contributed by atoms with Crippen molar-refractivity contribution < 1.29 is 0 Å². The van der Waals surface area contributed by atoms with Crippen LogP contribution >= 0.6 is 0 Å². The summed E-state index contributed by atoms with van der Waals surface area (Å²) in [5.74, 6) is 6.42. The first-order chi connectivity index (χ1) is 8.80. The highest BCUT2D eigenvalue weighted by atomic mass is 15.3. The molecule has 0 saturated heterocycles. The summed E-state index contributed by atoms with van der Waals surface area (Å²) in [6.07, 6.45) is 7.31.